The Hall–Kier alpha value is -2.49. The van der Waals surface area contributed by atoms with Crippen LogP contribution in [0, 0.1) is 6.92 Å². The van der Waals surface area contributed by atoms with Gasteiger partial charge in [0, 0.05) is 6.54 Å². The zero-order valence-electron chi connectivity index (χ0n) is 11.4. The van der Waals surface area contributed by atoms with Crippen LogP contribution < -0.4 is 10.6 Å². The number of nitrogen functional groups attached to an aromatic ring is 1. The van der Waals surface area contributed by atoms with Crippen molar-refractivity contribution in [2.45, 2.75) is 13.5 Å². The van der Waals surface area contributed by atoms with Gasteiger partial charge in [-0.1, -0.05) is 42.0 Å². The standard InChI is InChI=1S/C16H18N2O2/c1-12-6-8-13(9-7-12)10-18(11-16(19)20)15-5-3-2-4-14(15)17/h2-9H,10-11,17H2,1H3,(H,19,20). The van der Waals surface area contributed by atoms with Gasteiger partial charge in [-0.25, -0.2) is 0 Å². The Morgan fingerprint density at radius 3 is 2.40 bits per heavy atom. The lowest BCUT2D eigenvalue weighted by atomic mass is 10.1. The number of hydrogen-bond acceptors (Lipinski definition) is 3. The van der Waals surface area contributed by atoms with Gasteiger partial charge in [0.2, 0.25) is 0 Å². The summed E-state index contributed by atoms with van der Waals surface area (Å²) in [5.41, 5.74) is 9.50. The number of rotatable bonds is 5. The average Bonchev–Trinajstić information content (AvgIpc) is 2.41. The molecule has 2 aromatic carbocycles. The summed E-state index contributed by atoms with van der Waals surface area (Å²) in [5.74, 6) is -0.875. The molecular formula is C16H18N2O2. The van der Waals surface area contributed by atoms with E-state index in [1.54, 1.807) is 11.0 Å². The number of nitrogens with two attached hydrogens (primary N) is 1. The normalized spacial score (nSPS) is 10.2. The third-order valence-corrected chi connectivity index (χ3v) is 3.10. The Morgan fingerprint density at radius 1 is 1.15 bits per heavy atom. The highest BCUT2D eigenvalue weighted by Crippen LogP contribution is 2.24. The van der Waals surface area contributed by atoms with Gasteiger partial charge in [0.1, 0.15) is 6.54 Å². The lowest BCUT2D eigenvalue weighted by Crippen LogP contribution is -2.29. The van der Waals surface area contributed by atoms with Crippen LogP contribution in [0.3, 0.4) is 0 Å². The lowest BCUT2D eigenvalue weighted by molar-refractivity contribution is -0.135. The number of anilines is 2. The SMILES string of the molecule is Cc1ccc(CN(CC(=O)O)c2ccccc2N)cc1. The van der Waals surface area contributed by atoms with Crippen LogP contribution in [0.2, 0.25) is 0 Å². The molecular weight excluding hydrogens is 252 g/mol. The van der Waals surface area contributed by atoms with Crippen molar-refractivity contribution in [3.63, 3.8) is 0 Å². The molecule has 0 heterocycles. The molecule has 2 aromatic rings. The van der Waals surface area contributed by atoms with Crippen LogP contribution in [0.25, 0.3) is 0 Å². The van der Waals surface area contributed by atoms with Gasteiger partial charge >= 0.3 is 5.97 Å². The fourth-order valence-corrected chi connectivity index (χ4v) is 2.08. The molecule has 4 nitrogen and oxygen atoms in total. The molecule has 4 heteroatoms. The van der Waals surface area contributed by atoms with E-state index in [2.05, 4.69) is 0 Å². The number of carboxylic acids is 1. The summed E-state index contributed by atoms with van der Waals surface area (Å²) in [6.07, 6.45) is 0. The minimum Gasteiger partial charge on any atom is -0.480 e. The maximum Gasteiger partial charge on any atom is 0.323 e. The summed E-state index contributed by atoms with van der Waals surface area (Å²) in [4.78, 5) is 12.8. The van der Waals surface area contributed by atoms with Gasteiger partial charge in [-0.3, -0.25) is 4.79 Å². The summed E-state index contributed by atoms with van der Waals surface area (Å²) in [6, 6.07) is 15.4. The average molecular weight is 270 g/mol. The lowest BCUT2D eigenvalue weighted by Gasteiger charge is -2.24. The Labute approximate surface area is 118 Å². The summed E-state index contributed by atoms with van der Waals surface area (Å²) in [5, 5.41) is 9.08. The molecule has 0 aromatic heterocycles. The molecule has 0 radical (unpaired) electrons. The number of carboxylic acid groups (broad SMARTS) is 1. The van der Waals surface area contributed by atoms with Gasteiger partial charge in [0.15, 0.2) is 0 Å². The van der Waals surface area contributed by atoms with Crippen LogP contribution in [0.4, 0.5) is 11.4 Å². The van der Waals surface area contributed by atoms with Crippen molar-refractivity contribution in [3.8, 4) is 0 Å². The van der Waals surface area contributed by atoms with E-state index in [-0.39, 0.29) is 6.54 Å². The number of para-hydroxylation sites is 2. The third-order valence-electron chi connectivity index (χ3n) is 3.10. The van der Waals surface area contributed by atoms with Crippen LogP contribution in [0.5, 0.6) is 0 Å². The van der Waals surface area contributed by atoms with Crippen LogP contribution in [-0.4, -0.2) is 17.6 Å². The van der Waals surface area contributed by atoms with E-state index in [1.807, 2.05) is 49.4 Å². The van der Waals surface area contributed by atoms with Crippen molar-refractivity contribution in [3.05, 3.63) is 59.7 Å². The van der Waals surface area contributed by atoms with Crippen molar-refractivity contribution in [1.82, 2.24) is 0 Å². The quantitative estimate of drug-likeness (QED) is 0.820. The molecule has 0 spiro atoms. The zero-order chi connectivity index (χ0) is 14.5. The molecule has 0 saturated carbocycles. The molecule has 0 unspecified atom stereocenters. The second-order valence-corrected chi connectivity index (χ2v) is 4.79. The number of aryl methyl sites for hydroxylation is 1. The molecule has 20 heavy (non-hydrogen) atoms. The molecule has 104 valence electrons. The Bertz CT molecular complexity index is 594. The highest BCUT2D eigenvalue weighted by molar-refractivity contribution is 5.77. The largest absolute Gasteiger partial charge is 0.480 e. The van der Waals surface area contributed by atoms with E-state index >= 15 is 0 Å². The van der Waals surface area contributed by atoms with Gasteiger partial charge in [-0.15, -0.1) is 0 Å². The Kier molecular flexibility index (Phi) is 4.25. The molecule has 0 aliphatic heterocycles. The third kappa shape index (κ3) is 3.51. The topological polar surface area (TPSA) is 66.6 Å². The molecule has 0 saturated heterocycles. The molecule has 0 amide bonds. The minimum absolute atomic E-state index is 0.0813. The van der Waals surface area contributed by atoms with Crippen molar-refractivity contribution < 1.29 is 9.90 Å². The van der Waals surface area contributed by atoms with E-state index in [9.17, 15) is 4.79 Å². The van der Waals surface area contributed by atoms with Crippen molar-refractivity contribution in [2.24, 2.45) is 0 Å². The number of benzene rings is 2. The number of nitrogens with zero attached hydrogens (tertiary/aromatic N) is 1. The molecule has 2 rings (SSSR count). The maximum atomic E-state index is 11.1. The van der Waals surface area contributed by atoms with Crippen LogP contribution in [-0.2, 0) is 11.3 Å². The van der Waals surface area contributed by atoms with Gasteiger partial charge < -0.3 is 15.7 Å². The highest BCUT2D eigenvalue weighted by Gasteiger charge is 2.13. The van der Waals surface area contributed by atoms with Crippen LogP contribution in [0.15, 0.2) is 48.5 Å². The fraction of sp³-hybridized carbons (Fsp3) is 0.188. The minimum atomic E-state index is -0.875. The molecule has 0 aliphatic carbocycles. The predicted molar refractivity (Wildman–Crippen MR) is 80.7 cm³/mol. The summed E-state index contributed by atoms with van der Waals surface area (Å²) < 4.78 is 0. The van der Waals surface area contributed by atoms with Crippen molar-refractivity contribution in [1.29, 1.82) is 0 Å². The maximum absolute atomic E-state index is 11.1. The molecule has 3 N–H and O–H groups in total. The number of carbonyl (C=O) groups is 1. The van der Waals surface area contributed by atoms with Crippen molar-refractivity contribution in [2.75, 3.05) is 17.2 Å². The van der Waals surface area contributed by atoms with E-state index < -0.39 is 5.97 Å². The van der Waals surface area contributed by atoms with Gasteiger partial charge in [-0.05, 0) is 24.6 Å². The number of aliphatic carboxylic acids is 1. The summed E-state index contributed by atoms with van der Waals surface area (Å²) in [7, 11) is 0. The smallest absolute Gasteiger partial charge is 0.323 e. The predicted octanol–water partition coefficient (Wildman–Crippen LogP) is 2.67. The Morgan fingerprint density at radius 2 is 1.80 bits per heavy atom. The summed E-state index contributed by atoms with van der Waals surface area (Å²) >= 11 is 0. The monoisotopic (exact) mass is 270 g/mol. The van der Waals surface area contributed by atoms with Gasteiger partial charge in [0.05, 0.1) is 11.4 Å². The Balaban J connectivity index is 2.26. The second kappa shape index (κ2) is 6.10. The first-order valence-electron chi connectivity index (χ1n) is 6.43. The van der Waals surface area contributed by atoms with E-state index in [0.717, 1.165) is 11.3 Å². The van der Waals surface area contributed by atoms with E-state index in [4.69, 9.17) is 10.8 Å². The zero-order valence-corrected chi connectivity index (χ0v) is 11.4. The van der Waals surface area contributed by atoms with Gasteiger partial charge in [-0.2, -0.15) is 0 Å². The first kappa shape index (κ1) is 13.9. The van der Waals surface area contributed by atoms with Gasteiger partial charge in [0.25, 0.3) is 0 Å². The first-order chi connectivity index (χ1) is 9.56. The fourth-order valence-electron chi connectivity index (χ4n) is 2.08. The molecule has 0 atom stereocenters. The number of hydrogen-bond donors (Lipinski definition) is 2. The first-order valence-corrected chi connectivity index (χ1v) is 6.43. The van der Waals surface area contributed by atoms with E-state index in [0.29, 0.717) is 12.2 Å². The molecule has 0 fully saturated rings. The van der Waals surface area contributed by atoms with E-state index in [1.165, 1.54) is 5.56 Å². The summed E-state index contributed by atoms with van der Waals surface area (Å²) in [6.45, 7) is 2.46. The molecule has 0 bridgehead atoms. The molecule has 0 aliphatic rings. The highest BCUT2D eigenvalue weighted by atomic mass is 16.4. The van der Waals surface area contributed by atoms with Crippen molar-refractivity contribution >= 4 is 17.3 Å². The van der Waals surface area contributed by atoms with Crippen LogP contribution >= 0.6 is 0 Å². The van der Waals surface area contributed by atoms with Crippen LogP contribution in [0.1, 0.15) is 11.1 Å². The second-order valence-electron chi connectivity index (χ2n) is 4.79.